The van der Waals surface area contributed by atoms with E-state index in [2.05, 4.69) is 51.2 Å². The number of thiophene rings is 1. The van der Waals surface area contributed by atoms with Gasteiger partial charge < -0.3 is 10.6 Å². The van der Waals surface area contributed by atoms with Crippen molar-refractivity contribution in [1.82, 2.24) is 10.2 Å². The molecule has 1 aromatic heterocycles. The summed E-state index contributed by atoms with van der Waals surface area (Å²) < 4.78 is 0. The molecule has 0 saturated heterocycles. The first-order valence-electron chi connectivity index (χ1n) is 9.78. The SMILES string of the molecule is O=C(NCC(c1ccsc1)N1CCc2ccccc2C1)C(=O)Nc1ccc(Cl)cc1. The molecule has 154 valence electrons. The first kappa shape index (κ1) is 20.6. The van der Waals surface area contributed by atoms with Crippen LogP contribution in [0.4, 0.5) is 5.69 Å². The highest BCUT2D eigenvalue weighted by atomic mass is 35.5. The molecule has 0 bridgehead atoms. The van der Waals surface area contributed by atoms with Gasteiger partial charge in [0.1, 0.15) is 0 Å². The number of rotatable bonds is 5. The van der Waals surface area contributed by atoms with E-state index in [0.717, 1.165) is 25.1 Å². The molecule has 0 saturated carbocycles. The lowest BCUT2D eigenvalue weighted by Gasteiger charge is -2.35. The fraction of sp³-hybridized carbons (Fsp3) is 0.217. The molecule has 2 aromatic carbocycles. The second-order valence-electron chi connectivity index (χ2n) is 7.23. The van der Waals surface area contributed by atoms with E-state index in [1.54, 1.807) is 35.6 Å². The normalized spacial score (nSPS) is 14.6. The summed E-state index contributed by atoms with van der Waals surface area (Å²) in [5.74, 6) is -1.34. The maximum Gasteiger partial charge on any atom is 0.313 e. The lowest BCUT2D eigenvalue weighted by Crippen LogP contribution is -2.43. The number of amides is 2. The van der Waals surface area contributed by atoms with Gasteiger partial charge in [0, 0.05) is 30.3 Å². The second kappa shape index (κ2) is 9.43. The third kappa shape index (κ3) is 4.90. The molecule has 1 atom stereocenters. The Labute approximate surface area is 184 Å². The zero-order valence-corrected chi connectivity index (χ0v) is 17.9. The molecule has 3 aromatic rings. The number of anilines is 1. The van der Waals surface area contributed by atoms with Crippen LogP contribution >= 0.6 is 22.9 Å². The van der Waals surface area contributed by atoms with Crippen LogP contribution in [-0.2, 0) is 22.6 Å². The van der Waals surface area contributed by atoms with Crippen molar-refractivity contribution in [2.24, 2.45) is 0 Å². The Morgan fingerprint density at radius 2 is 1.80 bits per heavy atom. The molecular weight excluding hydrogens is 418 g/mol. The molecule has 0 aliphatic carbocycles. The standard InChI is InChI=1S/C23H22ClN3O2S/c24-19-5-7-20(8-6-19)26-23(29)22(28)25-13-21(18-10-12-30-15-18)27-11-9-16-3-1-2-4-17(16)14-27/h1-8,10,12,15,21H,9,11,13-14H2,(H,25,28)(H,26,29). The van der Waals surface area contributed by atoms with Gasteiger partial charge in [0.05, 0.1) is 6.04 Å². The van der Waals surface area contributed by atoms with Gasteiger partial charge in [-0.25, -0.2) is 0 Å². The smallest absolute Gasteiger partial charge is 0.313 e. The van der Waals surface area contributed by atoms with Crippen LogP contribution in [0.15, 0.2) is 65.4 Å². The van der Waals surface area contributed by atoms with E-state index >= 15 is 0 Å². The second-order valence-corrected chi connectivity index (χ2v) is 8.45. The number of hydrogen-bond donors (Lipinski definition) is 2. The van der Waals surface area contributed by atoms with Crippen molar-refractivity contribution < 1.29 is 9.59 Å². The molecular formula is C23H22ClN3O2S. The number of benzene rings is 2. The average Bonchev–Trinajstić information content (AvgIpc) is 3.30. The Morgan fingerprint density at radius 3 is 2.53 bits per heavy atom. The van der Waals surface area contributed by atoms with Gasteiger partial charge in [-0.15, -0.1) is 0 Å². The predicted octanol–water partition coefficient (Wildman–Crippen LogP) is 4.26. The van der Waals surface area contributed by atoms with E-state index in [1.165, 1.54) is 11.1 Å². The van der Waals surface area contributed by atoms with Crippen LogP contribution in [0.25, 0.3) is 0 Å². The van der Waals surface area contributed by atoms with E-state index in [0.29, 0.717) is 17.3 Å². The topological polar surface area (TPSA) is 61.4 Å². The lowest BCUT2D eigenvalue weighted by molar-refractivity contribution is -0.136. The van der Waals surface area contributed by atoms with Crippen LogP contribution < -0.4 is 10.6 Å². The van der Waals surface area contributed by atoms with E-state index in [1.807, 2.05) is 5.38 Å². The van der Waals surface area contributed by atoms with Gasteiger partial charge in [0.25, 0.3) is 0 Å². The zero-order valence-electron chi connectivity index (χ0n) is 16.3. The highest BCUT2D eigenvalue weighted by Gasteiger charge is 2.26. The highest BCUT2D eigenvalue weighted by molar-refractivity contribution is 7.08. The minimum atomic E-state index is -0.689. The number of halogens is 1. The predicted molar refractivity (Wildman–Crippen MR) is 121 cm³/mol. The van der Waals surface area contributed by atoms with E-state index in [-0.39, 0.29) is 6.04 Å². The zero-order chi connectivity index (χ0) is 20.9. The summed E-state index contributed by atoms with van der Waals surface area (Å²) in [5, 5.41) is 10.1. The van der Waals surface area contributed by atoms with Crippen molar-refractivity contribution >= 4 is 40.4 Å². The average molecular weight is 440 g/mol. The van der Waals surface area contributed by atoms with Gasteiger partial charge in [0.15, 0.2) is 0 Å². The molecule has 0 radical (unpaired) electrons. The largest absolute Gasteiger partial charge is 0.346 e. The maximum atomic E-state index is 12.4. The molecule has 1 aliphatic heterocycles. The first-order valence-corrected chi connectivity index (χ1v) is 11.1. The molecule has 30 heavy (non-hydrogen) atoms. The van der Waals surface area contributed by atoms with Crippen LogP contribution in [0.3, 0.4) is 0 Å². The molecule has 7 heteroatoms. The summed E-state index contributed by atoms with van der Waals surface area (Å²) in [5.41, 5.74) is 4.37. The summed E-state index contributed by atoms with van der Waals surface area (Å²) in [4.78, 5) is 27.0. The van der Waals surface area contributed by atoms with Crippen LogP contribution in [-0.4, -0.2) is 29.8 Å². The lowest BCUT2D eigenvalue weighted by atomic mass is 9.97. The van der Waals surface area contributed by atoms with Crippen LogP contribution in [0, 0.1) is 0 Å². The number of nitrogens with one attached hydrogen (secondary N) is 2. The molecule has 4 rings (SSSR count). The summed E-state index contributed by atoms with van der Waals surface area (Å²) in [6.45, 7) is 2.10. The van der Waals surface area contributed by atoms with Gasteiger partial charge in [-0.05, 0) is 64.2 Å². The number of carbonyl (C=O) groups is 2. The van der Waals surface area contributed by atoms with Crippen molar-refractivity contribution in [3.05, 3.63) is 87.1 Å². The van der Waals surface area contributed by atoms with Crippen molar-refractivity contribution in [3.63, 3.8) is 0 Å². The molecule has 5 nitrogen and oxygen atoms in total. The molecule has 1 unspecified atom stereocenters. The van der Waals surface area contributed by atoms with E-state index < -0.39 is 11.8 Å². The van der Waals surface area contributed by atoms with Gasteiger partial charge in [0.2, 0.25) is 0 Å². The third-order valence-corrected chi connectivity index (χ3v) is 6.25. The van der Waals surface area contributed by atoms with Gasteiger partial charge in [-0.3, -0.25) is 14.5 Å². The minimum absolute atomic E-state index is 0.0110. The van der Waals surface area contributed by atoms with Crippen LogP contribution in [0.5, 0.6) is 0 Å². The number of hydrogen-bond acceptors (Lipinski definition) is 4. The first-order chi connectivity index (χ1) is 14.6. The van der Waals surface area contributed by atoms with Crippen LogP contribution in [0.1, 0.15) is 22.7 Å². The number of fused-ring (bicyclic) bond motifs is 1. The Balaban J connectivity index is 1.41. The summed E-state index contributed by atoms with van der Waals surface area (Å²) in [6.07, 6.45) is 0.974. The van der Waals surface area contributed by atoms with Crippen molar-refractivity contribution in [3.8, 4) is 0 Å². The summed E-state index contributed by atoms with van der Waals surface area (Å²) >= 11 is 7.49. The quantitative estimate of drug-likeness (QED) is 0.584. The molecule has 1 aliphatic rings. The van der Waals surface area contributed by atoms with Crippen molar-refractivity contribution in [1.29, 1.82) is 0 Å². The molecule has 2 heterocycles. The third-order valence-electron chi connectivity index (χ3n) is 5.29. The minimum Gasteiger partial charge on any atom is -0.346 e. The van der Waals surface area contributed by atoms with Crippen molar-refractivity contribution in [2.45, 2.75) is 19.0 Å². The van der Waals surface area contributed by atoms with E-state index in [4.69, 9.17) is 11.6 Å². The van der Waals surface area contributed by atoms with Crippen LogP contribution in [0.2, 0.25) is 5.02 Å². The van der Waals surface area contributed by atoms with Gasteiger partial charge >= 0.3 is 11.8 Å². The fourth-order valence-corrected chi connectivity index (χ4v) is 4.53. The molecule has 2 amide bonds. The van der Waals surface area contributed by atoms with E-state index in [9.17, 15) is 9.59 Å². The molecule has 2 N–H and O–H groups in total. The summed E-state index contributed by atoms with van der Waals surface area (Å²) in [7, 11) is 0. The fourth-order valence-electron chi connectivity index (χ4n) is 3.70. The molecule has 0 fully saturated rings. The Kier molecular flexibility index (Phi) is 6.47. The van der Waals surface area contributed by atoms with Crippen molar-refractivity contribution in [2.75, 3.05) is 18.4 Å². The Bertz CT molecular complexity index is 1020. The van der Waals surface area contributed by atoms with Gasteiger partial charge in [-0.1, -0.05) is 35.9 Å². The highest BCUT2D eigenvalue weighted by Crippen LogP contribution is 2.28. The Morgan fingerprint density at radius 1 is 1.03 bits per heavy atom. The summed E-state index contributed by atoms with van der Waals surface area (Å²) in [6, 6.07) is 17.2. The molecule has 0 spiro atoms. The Hall–Kier alpha value is -2.67. The number of carbonyl (C=O) groups excluding carboxylic acids is 2. The monoisotopic (exact) mass is 439 g/mol. The number of nitrogens with zero attached hydrogens (tertiary/aromatic N) is 1. The van der Waals surface area contributed by atoms with Gasteiger partial charge in [-0.2, -0.15) is 11.3 Å². The maximum absolute atomic E-state index is 12.4.